The molecule has 4 amide bonds. The number of anilines is 1. The van der Waals surface area contributed by atoms with Gasteiger partial charge in [-0.25, -0.2) is 4.79 Å². The van der Waals surface area contributed by atoms with Crippen molar-refractivity contribution in [3.8, 4) is 0 Å². The van der Waals surface area contributed by atoms with Crippen LogP contribution in [-0.4, -0.2) is 39.6 Å². The lowest BCUT2D eigenvalue weighted by molar-refractivity contribution is -0.140. The number of carbonyl (C=O) groups excluding carboxylic acids is 3. The summed E-state index contributed by atoms with van der Waals surface area (Å²) < 4.78 is 0. The number of carbonyl (C=O) groups is 3. The van der Waals surface area contributed by atoms with Gasteiger partial charge in [0, 0.05) is 5.92 Å². The first-order valence-corrected chi connectivity index (χ1v) is 9.69. The van der Waals surface area contributed by atoms with Crippen LogP contribution in [-0.2, 0) is 9.59 Å². The van der Waals surface area contributed by atoms with E-state index in [1.54, 1.807) is 0 Å². The number of aromatic nitrogens is 2. The standard InChI is InChI=1S/C17H21N5O3S/c1-8(2)13-20-21-17(26-13)19-16(25)18-7-22-14(23)11-9-3-4-10(6-5-9)12(11)15(22)24/h3-4,8-12H,5-7H2,1-2H3,(H2,18,19,21,25)/t9-,10-,11+,12+/m0/s1. The first-order valence-electron chi connectivity index (χ1n) is 8.87. The Labute approximate surface area is 155 Å². The van der Waals surface area contributed by atoms with Crippen molar-refractivity contribution in [2.24, 2.45) is 23.7 Å². The Kier molecular flexibility index (Phi) is 4.26. The number of hydrogen-bond acceptors (Lipinski definition) is 6. The van der Waals surface area contributed by atoms with Crippen LogP contribution in [0.15, 0.2) is 12.2 Å². The average molecular weight is 375 g/mol. The number of fused-ring (bicyclic) bond motifs is 1. The van der Waals surface area contributed by atoms with Gasteiger partial charge in [-0.1, -0.05) is 37.3 Å². The van der Waals surface area contributed by atoms with E-state index in [0.29, 0.717) is 5.13 Å². The molecule has 3 aliphatic carbocycles. The van der Waals surface area contributed by atoms with Crippen molar-refractivity contribution in [2.75, 3.05) is 12.0 Å². The smallest absolute Gasteiger partial charge is 0.320 e. The lowest BCUT2D eigenvalue weighted by atomic mass is 9.63. The Bertz CT molecular complexity index is 757. The Hall–Kier alpha value is -2.29. The number of urea groups is 1. The molecule has 0 aromatic carbocycles. The average Bonchev–Trinajstić information content (AvgIpc) is 3.19. The summed E-state index contributed by atoms with van der Waals surface area (Å²) >= 11 is 1.30. The minimum atomic E-state index is -0.506. The Morgan fingerprint density at radius 2 is 1.81 bits per heavy atom. The molecular weight excluding hydrogens is 354 g/mol. The maximum Gasteiger partial charge on any atom is 0.322 e. The lowest BCUT2D eigenvalue weighted by Crippen LogP contribution is -2.43. The number of allylic oxidation sites excluding steroid dienone is 2. The first kappa shape index (κ1) is 17.1. The van der Waals surface area contributed by atoms with Gasteiger partial charge < -0.3 is 5.32 Å². The van der Waals surface area contributed by atoms with Crippen molar-refractivity contribution in [1.82, 2.24) is 20.4 Å². The zero-order chi connectivity index (χ0) is 18.4. The molecule has 1 saturated heterocycles. The van der Waals surface area contributed by atoms with E-state index < -0.39 is 6.03 Å². The third kappa shape index (κ3) is 2.80. The monoisotopic (exact) mass is 375 g/mol. The number of nitrogens with zero attached hydrogens (tertiary/aromatic N) is 3. The summed E-state index contributed by atoms with van der Waals surface area (Å²) in [5.74, 6) is -0.319. The van der Waals surface area contributed by atoms with Crippen LogP contribution in [0.1, 0.15) is 37.6 Å². The summed E-state index contributed by atoms with van der Waals surface area (Å²) in [6.07, 6.45) is 6.06. The highest BCUT2D eigenvalue weighted by atomic mass is 32.1. The van der Waals surface area contributed by atoms with Crippen LogP contribution in [0, 0.1) is 23.7 Å². The van der Waals surface area contributed by atoms with Gasteiger partial charge in [0.2, 0.25) is 16.9 Å². The number of rotatable bonds is 4. The molecule has 2 N–H and O–H groups in total. The molecular formula is C17H21N5O3S. The lowest BCUT2D eigenvalue weighted by Gasteiger charge is -2.38. The minimum absolute atomic E-state index is 0.119. The van der Waals surface area contributed by atoms with Crippen LogP contribution < -0.4 is 10.6 Å². The van der Waals surface area contributed by atoms with E-state index in [0.717, 1.165) is 17.8 Å². The second-order valence-electron chi connectivity index (χ2n) is 7.34. The van der Waals surface area contributed by atoms with E-state index in [9.17, 15) is 14.4 Å². The number of hydrogen-bond donors (Lipinski definition) is 2. The molecule has 8 nitrogen and oxygen atoms in total. The molecule has 26 heavy (non-hydrogen) atoms. The van der Waals surface area contributed by atoms with E-state index in [4.69, 9.17) is 0 Å². The van der Waals surface area contributed by atoms with E-state index >= 15 is 0 Å². The van der Waals surface area contributed by atoms with Gasteiger partial charge in [-0.2, -0.15) is 0 Å². The molecule has 1 aliphatic heterocycles. The van der Waals surface area contributed by atoms with E-state index in [2.05, 4.69) is 33.0 Å². The predicted molar refractivity (Wildman–Crippen MR) is 95.2 cm³/mol. The van der Waals surface area contributed by atoms with Crippen molar-refractivity contribution in [1.29, 1.82) is 0 Å². The predicted octanol–water partition coefficient (Wildman–Crippen LogP) is 1.94. The highest BCUT2D eigenvalue weighted by Gasteiger charge is 2.56. The summed E-state index contributed by atoms with van der Waals surface area (Å²) in [4.78, 5) is 38.6. The van der Waals surface area contributed by atoms with E-state index in [-0.39, 0.29) is 48.1 Å². The maximum absolute atomic E-state index is 12.7. The zero-order valence-corrected chi connectivity index (χ0v) is 15.5. The molecule has 9 heteroatoms. The molecule has 1 aromatic rings. The summed E-state index contributed by atoms with van der Waals surface area (Å²) in [5.41, 5.74) is 0. The van der Waals surface area contributed by atoms with Gasteiger partial charge in [0.25, 0.3) is 0 Å². The van der Waals surface area contributed by atoms with E-state index in [1.165, 1.54) is 16.2 Å². The summed E-state index contributed by atoms with van der Waals surface area (Å²) in [6.45, 7) is 3.87. The van der Waals surface area contributed by atoms with Crippen molar-refractivity contribution < 1.29 is 14.4 Å². The molecule has 2 bridgehead atoms. The fourth-order valence-corrected chi connectivity index (χ4v) is 4.84. The number of imide groups is 1. The quantitative estimate of drug-likeness (QED) is 0.618. The molecule has 1 saturated carbocycles. The van der Waals surface area contributed by atoms with Crippen LogP contribution >= 0.6 is 11.3 Å². The molecule has 5 rings (SSSR count). The van der Waals surface area contributed by atoms with Crippen LogP contribution in [0.2, 0.25) is 0 Å². The van der Waals surface area contributed by atoms with Gasteiger partial charge in [-0.15, -0.1) is 10.2 Å². The van der Waals surface area contributed by atoms with Crippen molar-refractivity contribution in [2.45, 2.75) is 32.6 Å². The Morgan fingerprint density at radius 3 is 2.31 bits per heavy atom. The first-order chi connectivity index (χ1) is 12.5. The largest absolute Gasteiger partial charge is 0.322 e. The zero-order valence-electron chi connectivity index (χ0n) is 14.6. The number of amides is 4. The molecule has 0 radical (unpaired) electrons. The summed E-state index contributed by atoms with van der Waals surface area (Å²) in [7, 11) is 0. The third-order valence-corrected chi connectivity index (χ3v) is 6.54. The molecule has 4 aliphatic rings. The molecule has 0 unspecified atom stereocenters. The minimum Gasteiger partial charge on any atom is -0.320 e. The van der Waals surface area contributed by atoms with Crippen molar-refractivity contribution in [3.63, 3.8) is 0 Å². The number of likely N-dealkylation sites (tertiary alicyclic amines) is 1. The Balaban J connectivity index is 1.36. The fraction of sp³-hybridized carbons (Fsp3) is 0.588. The van der Waals surface area contributed by atoms with Gasteiger partial charge in [0.05, 0.1) is 11.8 Å². The maximum atomic E-state index is 12.7. The molecule has 4 atom stereocenters. The van der Waals surface area contributed by atoms with Crippen LogP contribution in [0.4, 0.5) is 9.93 Å². The SMILES string of the molecule is CC(C)c1nnc(NC(=O)NCN2C(=O)[C@H]3[C@H](C2=O)[C@H]2C=C[C@H]3CC2)s1. The summed E-state index contributed by atoms with van der Waals surface area (Å²) in [5, 5.41) is 14.3. The third-order valence-electron chi connectivity index (χ3n) is 5.40. The normalized spacial score (nSPS) is 29.4. The Morgan fingerprint density at radius 1 is 1.19 bits per heavy atom. The topological polar surface area (TPSA) is 104 Å². The summed E-state index contributed by atoms with van der Waals surface area (Å²) in [6, 6.07) is -0.506. The highest BCUT2D eigenvalue weighted by Crippen LogP contribution is 2.49. The van der Waals surface area contributed by atoms with Gasteiger partial charge in [0.15, 0.2) is 0 Å². The fourth-order valence-electron chi connectivity index (χ4n) is 4.10. The molecule has 2 fully saturated rings. The number of nitrogens with one attached hydrogen (secondary N) is 2. The van der Waals surface area contributed by atoms with Gasteiger partial charge in [0.1, 0.15) is 11.7 Å². The molecule has 0 spiro atoms. The van der Waals surface area contributed by atoms with Crippen LogP contribution in [0.25, 0.3) is 0 Å². The molecule has 1 aromatic heterocycles. The molecule has 2 heterocycles. The van der Waals surface area contributed by atoms with Crippen LogP contribution in [0.5, 0.6) is 0 Å². The van der Waals surface area contributed by atoms with Gasteiger partial charge in [-0.3, -0.25) is 19.8 Å². The van der Waals surface area contributed by atoms with Gasteiger partial charge >= 0.3 is 6.03 Å². The van der Waals surface area contributed by atoms with Crippen LogP contribution in [0.3, 0.4) is 0 Å². The highest BCUT2D eigenvalue weighted by molar-refractivity contribution is 7.15. The van der Waals surface area contributed by atoms with Gasteiger partial charge in [-0.05, 0) is 24.7 Å². The second kappa shape index (κ2) is 6.46. The second-order valence-corrected chi connectivity index (χ2v) is 8.34. The van der Waals surface area contributed by atoms with Crippen molar-refractivity contribution >= 4 is 34.3 Å². The van der Waals surface area contributed by atoms with Crippen molar-refractivity contribution in [3.05, 3.63) is 17.2 Å². The van der Waals surface area contributed by atoms with E-state index in [1.807, 2.05) is 13.8 Å². The molecule has 138 valence electrons.